The van der Waals surface area contributed by atoms with Crippen LogP contribution in [0.5, 0.6) is 0 Å². The van der Waals surface area contributed by atoms with Crippen LogP contribution in [0.15, 0.2) is 12.1 Å². The molecule has 0 atom stereocenters. The van der Waals surface area contributed by atoms with Gasteiger partial charge in [0.05, 0.1) is 11.0 Å². The Morgan fingerprint density at radius 3 is 2.65 bits per heavy atom. The number of hydrogen-bond acceptors (Lipinski definition) is 2. The number of imidazole rings is 1. The highest BCUT2D eigenvalue weighted by molar-refractivity contribution is 5.78. The summed E-state index contributed by atoms with van der Waals surface area (Å²) >= 11 is 0. The maximum Gasteiger partial charge on any atom is 0.303 e. The lowest BCUT2D eigenvalue weighted by atomic mass is 10.1. The Balaban J connectivity index is 2.37. The molecule has 0 unspecified atom stereocenters. The van der Waals surface area contributed by atoms with E-state index in [1.165, 1.54) is 16.6 Å². The third kappa shape index (κ3) is 3.00. The Kier molecular flexibility index (Phi) is 4.42. The maximum atomic E-state index is 10.6. The number of fused-ring (bicyclic) bond motifs is 1. The van der Waals surface area contributed by atoms with Gasteiger partial charge in [-0.3, -0.25) is 4.79 Å². The number of aliphatic carboxylic acids is 1. The molecule has 108 valence electrons. The van der Waals surface area contributed by atoms with Crippen LogP contribution in [0.3, 0.4) is 0 Å². The van der Waals surface area contributed by atoms with Crippen LogP contribution in [0.4, 0.5) is 0 Å². The van der Waals surface area contributed by atoms with E-state index in [-0.39, 0.29) is 6.42 Å². The van der Waals surface area contributed by atoms with Gasteiger partial charge in [0.25, 0.3) is 0 Å². The average molecular weight is 274 g/mol. The molecule has 0 bridgehead atoms. The number of nitrogens with zero attached hydrogens (tertiary/aromatic N) is 2. The number of aryl methyl sites for hydroxylation is 4. The molecule has 0 aliphatic carbocycles. The second kappa shape index (κ2) is 6.07. The number of hydrogen-bond donors (Lipinski definition) is 1. The minimum absolute atomic E-state index is 0.202. The van der Waals surface area contributed by atoms with Crippen molar-refractivity contribution in [1.82, 2.24) is 9.55 Å². The molecule has 1 heterocycles. The van der Waals surface area contributed by atoms with Crippen molar-refractivity contribution in [2.24, 2.45) is 0 Å². The van der Waals surface area contributed by atoms with Crippen molar-refractivity contribution in [1.29, 1.82) is 0 Å². The SMILES string of the molecule is CCCn1c(CCCC(=O)O)nc2cc(C)c(C)cc21. The molecule has 20 heavy (non-hydrogen) atoms. The van der Waals surface area contributed by atoms with Gasteiger partial charge in [-0.2, -0.15) is 0 Å². The number of carboxylic acids is 1. The zero-order valence-corrected chi connectivity index (χ0v) is 12.4. The fraction of sp³-hybridized carbons (Fsp3) is 0.500. The molecule has 0 radical (unpaired) electrons. The van der Waals surface area contributed by atoms with Crippen molar-refractivity contribution in [3.05, 3.63) is 29.1 Å². The molecule has 2 rings (SSSR count). The van der Waals surface area contributed by atoms with E-state index in [0.29, 0.717) is 6.42 Å². The van der Waals surface area contributed by atoms with Gasteiger partial charge < -0.3 is 9.67 Å². The second-order valence-electron chi connectivity index (χ2n) is 5.35. The molecule has 1 aromatic carbocycles. The Morgan fingerprint density at radius 2 is 2.00 bits per heavy atom. The van der Waals surface area contributed by atoms with E-state index in [0.717, 1.165) is 30.7 Å². The predicted octanol–water partition coefficient (Wildman–Crippen LogP) is 3.47. The standard InChI is InChI=1S/C16H22N2O2/c1-4-8-18-14-10-12(3)11(2)9-13(14)17-15(18)6-5-7-16(19)20/h9-10H,4-8H2,1-3H3,(H,19,20). The molecule has 0 aliphatic rings. The monoisotopic (exact) mass is 274 g/mol. The highest BCUT2D eigenvalue weighted by atomic mass is 16.4. The summed E-state index contributed by atoms with van der Waals surface area (Å²) in [7, 11) is 0. The summed E-state index contributed by atoms with van der Waals surface area (Å²) in [5.41, 5.74) is 4.70. The summed E-state index contributed by atoms with van der Waals surface area (Å²) in [6.45, 7) is 7.29. The molecule has 0 saturated carbocycles. The molecule has 0 spiro atoms. The molecular weight excluding hydrogens is 252 g/mol. The molecule has 1 aromatic heterocycles. The Hall–Kier alpha value is -1.84. The summed E-state index contributed by atoms with van der Waals surface area (Å²) in [5.74, 6) is 0.267. The normalized spacial score (nSPS) is 11.2. The van der Waals surface area contributed by atoms with Gasteiger partial charge >= 0.3 is 5.97 Å². The summed E-state index contributed by atoms with van der Waals surface area (Å²) < 4.78 is 2.24. The van der Waals surface area contributed by atoms with Crippen LogP contribution in [0.25, 0.3) is 11.0 Å². The lowest BCUT2D eigenvalue weighted by molar-refractivity contribution is -0.137. The predicted molar refractivity (Wildman–Crippen MR) is 80.1 cm³/mol. The summed E-state index contributed by atoms with van der Waals surface area (Å²) in [6, 6.07) is 4.31. The van der Waals surface area contributed by atoms with Gasteiger partial charge in [-0.1, -0.05) is 6.92 Å². The first kappa shape index (κ1) is 14.6. The molecule has 0 amide bonds. The van der Waals surface area contributed by atoms with E-state index in [4.69, 9.17) is 10.1 Å². The van der Waals surface area contributed by atoms with Gasteiger partial charge in [0.15, 0.2) is 0 Å². The topological polar surface area (TPSA) is 55.1 Å². The van der Waals surface area contributed by atoms with Gasteiger partial charge in [0.2, 0.25) is 0 Å². The van der Waals surface area contributed by atoms with Crippen LogP contribution >= 0.6 is 0 Å². The zero-order chi connectivity index (χ0) is 14.7. The number of carbonyl (C=O) groups is 1. The smallest absolute Gasteiger partial charge is 0.303 e. The van der Waals surface area contributed by atoms with Gasteiger partial charge in [-0.05, 0) is 49.9 Å². The Morgan fingerprint density at radius 1 is 1.30 bits per heavy atom. The summed E-state index contributed by atoms with van der Waals surface area (Å²) in [5, 5.41) is 8.75. The van der Waals surface area contributed by atoms with Crippen molar-refractivity contribution in [3.8, 4) is 0 Å². The number of aromatic nitrogens is 2. The van der Waals surface area contributed by atoms with Crippen LogP contribution in [-0.4, -0.2) is 20.6 Å². The third-order valence-corrected chi connectivity index (χ3v) is 3.68. The van der Waals surface area contributed by atoms with Crippen LogP contribution < -0.4 is 0 Å². The molecule has 0 fully saturated rings. The van der Waals surface area contributed by atoms with Gasteiger partial charge in [-0.25, -0.2) is 4.98 Å². The average Bonchev–Trinajstić information content (AvgIpc) is 2.68. The van der Waals surface area contributed by atoms with Crippen molar-refractivity contribution >= 4 is 17.0 Å². The number of carboxylic acid groups (broad SMARTS) is 1. The third-order valence-electron chi connectivity index (χ3n) is 3.68. The molecule has 4 nitrogen and oxygen atoms in total. The molecule has 1 N–H and O–H groups in total. The fourth-order valence-electron chi connectivity index (χ4n) is 2.49. The molecule has 0 saturated heterocycles. The minimum Gasteiger partial charge on any atom is -0.481 e. The quantitative estimate of drug-likeness (QED) is 0.877. The van der Waals surface area contributed by atoms with E-state index < -0.39 is 5.97 Å². The zero-order valence-electron chi connectivity index (χ0n) is 12.4. The van der Waals surface area contributed by atoms with Gasteiger partial charge in [0.1, 0.15) is 5.82 Å². The van der Waals surface area contributed by atoms with E-state index in [1.54, 1.807) is 0 Å². The maximum absolute atomic E-state index is 10.6. The summed E-state index contributed by atoms with van der Waals surface area (Å²) in [4.78, 5) is 15.3. The van der Waals surface area contributed by atoms with E-state index >= 15 is 0 Å². The fourth-order valence-corrected chi connectivity index (χ4v) is 2.49. The lowest BCUT2D eigenvalue weighted by Gasteiger charge is -2.08. The van der Waals surface area contributed by atoms with E-state index in [2.05, 4.69) is 37.5 Å². The number of benzene rings is 1. The first-order valence-corrected chi connectivity index (χ1v) is 7.21. The first-order chi connectivity index (χ1) is 9.52. The molecule has 2 aromatic rings. The van der Waals surface area contributed by atoms with Crippen LogP contribution in [-0.2, 0) is 17.8 Å². The van der Waals surface area contributed by atoms with Crippen molar-refractivity contribution in [3.63, 3.8) is 0 Å². The highest BCUT2D eigenvalue weighted by Gasteiger charge is 2.11. The van der Waals surface area contributed by atoms with Crippen molar-refractivity contribution in [2.45, 2.75) is 53.0 Å². The van der Waals surface area contributed by atoms with Crippen LogP contribution in [0.1, 0.15) is 43.1 Å². The summed E-state index contributed by atoms with van der Waals surface area (Å²) in [6.07, 6.45) is 2.61. The molecular formula is C16H22N2O2. The lowest BCUT2D eigenvalue weighted by Crippen LogP contribution is -2.05. The van der Waals surface area contributed by atoms with Crippen molar-refractivity contribution < 1.29 is 9.90 Å². The second-order valence-corrected chi connectivity index (χ2v) is 5.35. The Labute approximate surface area is 119 Å². The van der Waals surface area contributed by atoms with E-state index in [9.17, 15) is 4.79 Å². The molecule has 4 heteroatoms. The van der Waals surface area contributed by atoms with Gasteiger partial charge in [-0.15, -0.1) is 0 Å². The number of rotatable bonds is 6. The Bertz CT molecular complexity index is 629. The van der Waals surface area contributed by atoms with Crippen LogP contribution in [0.2, 0.25) is 0 Å². The highest BCUT2D eigenvalue weighted by Crippen LogP contribution is 2.22. The molecule has 0 aliphatic heterocycles. The van der Waals surface area contributed by atoms with E-state index in [1.807, 2.05) is 0 Å². The minimum atomic E-state index is -0.741. The first-order valence-electron chi connectivity index (χ1n) is 7.21. The van der Waals surface area contributed by atoms with Gasteiger partial charge in [0, 0.05) is 19.4 Å². The van der Waals surface area contributed by atoms with Crippen LogP contribution in [0, 0.1) is 13.8 Å². The largest absolute Gasteiger partial charge is 0.481 e. The van der Waals surface area contributed by atoms with Crippen molar-refractivity contribution in [2.75, 3.05) is 0 Å².